The van der Waals surface area contributed by atoms with Crippen LogP contribution >= 0.6 is 0 Å². The van der Waals surface area contributed by atoms with E-state index in [1.54, 1.807) is 11.1 Å². The fourth-order valence-corrected chi connectivity index (χ4v) is 12.2. The van der Waals surface area contributed by atoms with Crippen LogP contribution in [0.4, 0.5) is 0 Å². The Kier molecular flexibility index (Phi) is 8.46. The van der Waals surface area contributed by atoms with Crippen LogP contribution in [0, 0.1) is 17.8 Å². The average Bonchev–Trinajstić information content (AvgIpc) is 3.40. The number of nitrogens with zero attached hydrogens (tertiary/aromatic N) is 2. The van der Waals surface area contributed by atoms with Gasteiger partial charge in [0.05, 0.1) is 5.41 Å². The lowest BCUT2D eigenvalue weighted by atomic mass is 9.54. The number of aliphatic imine (C=N–C) groups is 2. The molecule has 1 saturated carbocycles. The molecule has 1 fully saturated rings. The van der Waals surface area contributed by atoms with Crippen molar-refractivity contribution in [2.45, 2.75) is 69.4 Å². The maximum absolute atomic E-state index is 5.50. The predicted molar refractivity (Wildman–Crippen MR) is 252 cm³/mol. The van der Waals surface area contributed by atoms with Gasteiger partial charge in [-0.25, -0.2) is 9.98 Å². The topological polar surface area (TPSA) is 36.8 Å². The summed E-state index contributed by atoms with van der Waals surface area (Å²) in [6.07, 6.45) is 26.0. The Morgan fingerprint density at radius 3 is 2.31 bits per heavy atom. The third-order valence-electron chi connectivity index (χ3n) is 15.0. The number of benzene rings is 5. The lowest BCUT2D eigenvalue weighted by molar-refractivity contribution is 0.455. The van der Waals surface area contributed by atoms with E-state index in [4.69, 9.17) is 9.98 Å². The molecule has 5 atom stereocenters. The second-order valence-electron chi connectivity index (χ2n) is 18.8. The van der Waals surface area contributed by atoms with Crippen LogP contribution in [0.5, 0.6) is 0 Å². The van der Waals surface area contributed by atoms with Gasteiger partial charge in [0.15, 0.2) is 6.17 Å². The summed E-state index contributed by atoms with van der Waals surface area (Å²) in [6, 6.07) is 44.9. The molecule has 3 heteroatoms. The lowest BCUT2D eigenvalue weighted by Crippen LogP contribution is -2.41. The van der Waals surface area contributed by atoms with Crippen LogP contribution in [0.1, 0.15) is 103 Å². The smallest absolute Gasteiger partial charge is 0.169 e. The lowest BCUT2D eigenvalue weighted by Gasteiger charge is -2.48. The van der Waals surface area contributed by atoms with E-state index in [0.717, 1.165) is 41.2 Å². The zero-order valence-corrected chi connectivity index (χ0v) is 35.1. The zero-order chi connectivity index (χ0) is 40.7. The maximum Gasteiger partial charge on any atom is 0.169 e. The molecule has 0 aromatic heterocycles. The second kappa shape index (κ2) is 14.1. The molecule has 1 aliphatic heterocycles. The molecule has 12 rings (SSSR count). The molecule has 2 bridgehead atoms. The van der Waals surface area contributed by atoms with Gasteiger partial charge in [0.25, 0.3) is 0 Å². The molecular weight excluding hydrogens is 739 g/mol. The third-order valence-corrected chi connectivity index (χ3v) is 15.0. The number of hydrogen-bond donors (Lipinski definition) is 1. The number of nitrogens with one attached hydrogen (secondary N) is 1. The first-order chi connectivity index (χ1) is 30.0. The van der Waals surface area contributed by atoms with Crippen molar-refractivity contribution in [2.75, 3.05) is 0 Å². The molecule has 5 unspecified atom stereocenters. The van der Waals surface area contributed by atoms with Gasteiger partial charge in [0, 0.05) is 16.5 Å². The third kappa shape index (κ3) is 5.69. The highest BCUT2D eigenvalue weighted by molar-refractivity contribution is 6.19. The van der Waals surface area contributed by atoms with E-state index in [1.807, 2.05) is 0 Å². The van der Waals surface area contributed by atoms with Crippen molar-refractivity contribution >= 4 is 17.2 Å². The Morgan fingerprint density at radius 1 is 0.656 bits per heavy atom. The van der Waals surface area contributed by atoms with Crippen LogP contribution in [-0.2, 0) is 10.8 Å². The van der Waals surface area contributed by atoms with Crippen LogP contribution in [0.3, 0.4) is 0 Å². The second-order valence-corrected chi connectivity index (χ2v) is 18.8. The van der Waals surface area contributed by atoms with E-state index in [-0.39, 0.29) is 11.6 Å². The van der Waals surface area contributed by atoms with Crippen molar-refractivity contribution in [3.63, 3.8) is 0 Å². The Balaban J connectivity index is 1.09. The molecule has 5 aromatic carbocycles. The summed E-state index contributed by atoms with van der Waals surface area (Å²) in [5, 5.41) is 3.81. The minimum atomic E-state index is -0.435. The molecule has 0 radical (unpaired) electrons. The molecule has 7 aliphatic rings. The molecule has 298 valence electrons. The minimum Gasteiger partial charge on any atom is -0.324 e. The Morgan fingerprint density at radius 2 is 1.44 bits per heavy atom. The Hall–Kier alpha value is -6.32. The van der Waals surface area contributed by atoms with Crippen LogP contribution in [0.2, 0.25) is 0 Å². The van der Waals surface area contributed by atoms with Gasteiger partial charge in [-0.05, 0) is 124 Å². The van der Waals surface area contributed by atoms with Gasteiger partial charge in [-0.15, -0.1) is 0 Å². The van der Waals surface area contributed by atoms with E-state index in [2.05, 4.69) is 189 Å². The molecule has 0 amide bonds. The number of allylic oxidation sites excluding steroid dienone is 12. The molecule has 1 spiro atoms. The predicted octanol–water partition coefficient (Wildman–Crippen LogP) is 13.3. The normalized spacial score (nSPS) is 26.3. The first kappa shape index (κ1) is 36.5. The van der Waals surface area contributed by atoms with Gasteiger partial charge in [-0.2, -0.15) is 0 Å². The van der Waals surface area contributed by atoms with Gasteiger partial charge < -0.3 is 5.32 Å². The highest BCUT2D eigenvalue weighted by Crippen LogP contribution is 2.64. The van der Waals surface area contributed by atoms with Crippen molar-refractivity contribution < 1.29 is 0 Å². The average molecular weight is 790 g/mol. The van der Waals surface area contributed by atoms with Crippen LogP contribution in [0.15, 0.2) is 197 Å². The fourth-order valence-electron chi connectivity index (χ4n) is 12.2. The van der Waals surface area contributed by atoms with E-state index in [0.29, 0.717) is 17.8 Å². The van der Waals surface area contributed by atoms with Crippen LogP contribution in [0.25, 0.3) is 16.7 Å². The highest BCUT2D eigenvalue weighted by atomic mass is 15.2. The monoisotopic (exact) mass is 789 g/mol. The van der Waals surface area contributed by atoms with E-state index < -0.39 is 5.41 Å². The van der Waals surface area contributed by atoms with Crippen molar-refractivity contribution in [3.05, 3.63) is 231 Å². The largest absolute Gasteiger partial charge is 0.324 e. The summed E-state index contributed by atoms with van der Waals surface area (Å²) >= 11 is 0. The van der Waals surface area contributed by atoms with E-state index in [9.17, 15) is 0 Å². The molecule has 6 aliphatic carbocycles. The number of hydrogen-bond acceptors (Lipinski definition) is 3. The molecule has 0 saturated heterocycles. The summed E-state index contributed by atoms with van der Waals surface area (Å²) in [4.78, 5) is 10.7. The fraction of sp³-hybridized carbons (Fsp3) is 0.241. The van der Waals surface area contributed by atoms with Gasteiger partial charge >= 0.3 is 0 Å². The molecule has 1 N–H and O–H groups in total. The standard InChI is InChI=1S/C58H51N3/c1-57(2)48-23-11-13-25-50(48)58(51-26-14-12-24-49(51)57)47-31-30-44(43-29-28-37-32-38(35-43)34-42-21-10-9-20-41(42)33-37)36-46(47)53-45(22-15-27-52(53)58)56-60-54(39-16-5-3-6-17-39)59-55(61-56)40-18-7-4-8-19-40/h3-13,15-20,22-25,27-31,35-38,42,54H,14,21,26,32-34H2,1-2H3,(H,59,60,61). The Bertz CT molecular complexity index is 2880. The number of rotatable bonds is 4. The molecule has 61 heavy (non-hydrogen) atoms. The van der Waals surface area contributed by atoms with Gasteiger partial charge in [0.2, 0.25) is 0 Å². The molecule has 3 nitrogen and oxygen atoms in total. The van der Waals surface area contributed by atoms with Crippen LogP contribution in [-0.4, -0.2) is 11.7 Å². The molecule has 1 heterocycles. The zero-order valence-electron chi connectivity index (χ0n) is 35.1. The van der Waals surface area contributed by atoms with Crippen molar-refractivity contribution in [1.82, 2.24) is 5.32 Å². The number of amidine groups is 2. The van der Waals surface area contributed by atoms with E-state index in [1.165, 1.54) is 75.8 Å². The van der Waals surface area contributed by atoms with Crippen LogP contribution < -0.4 is 5.32 Å². The first-order valence-electron chi connectivity index (χ1n) is 22.5. The molecular formula is C58H51N3. The first-order valence-corrected chi connectivity index (χ1v) is 22.5. The summed E-state index contributed by atoms with van der Waals surface area (Å²) in [5.74, 6) is 3.49. The summed E-state index contributed by atoms with van der Waals surface area (Å²) < 4.78 is 0. The summed E-state index contributed by atoms with van der Waals surface area (Å²) in [5.41, 5.74) is 18.2. The van der Waals surface area contributed by atoms with Gasteiger partial charge in [0.1, 0.15) is 11.7 Å². The molecule has 5 aromatic rings. The highest BCUT2D eigenvalue weighted by Gasteiger charge is 2.55. The minimum absolute atomic E-state index is 0.122. The van der Waals surface area contributed by atoms with Crippen molar-refractivity contribution in [3.8, 4) is 11.1 Å². The number of fused-ring (bicyclic) bond motifs is 11. The van der Waals surface area contributed by atoms with E-state index >= 15 is 0 Å². The summed E-state index contributed by atoms with van der Waals surface area (Å²) in [7, 11) is 0. The summed E-state index contributed by atoms with van der Waals surface area (Å²) in [6.45, 7) is 4.86. The van der Waals surface area contributed by atoms with Gasteiger partial charge in [-0.3, -0.25) is 0 Å². The quantitative estimate of drug-likeness (QED) is 0.193. The SMILES string of the molecule is CC1(C)C2=C(CCC=C2)C2(c3ccc(C4=CC5CC(C=C4)CC4=CC=CCC4C5)cc3-c3c(C4=NC(c5ccccc5)N=C(c5ccccc5)N4)cccc32)c2ccccc21. The maximum atomic E-state index is 5.50. The van der Waals surface area contributed by atoms with Crippen molar-refractivity contribution in [2.24, 2.45) is 27.7 Å². The van der Waals surface area contributed by atoms with Crippen molar-refractivity contribution in [1.29, 1.82) is 0 Å². The van der Waals surface area contributed by atoms with Gasteiger partial charge in [-0.1, -0.05) is 183 Å². The Labute approximate surface area is 360 Å².